The first-order valence-corrected chi connectivity index (χ1v) is 9.98. The van der Waals surface area contributed by atoms with Crippen molar-refractivity contribution in [2.75, 3.05) is 51.1 Å². The van der Waals surface area contributed by atoms with Gasteiger partial charge >= 0.3 is 0 Å². The Kier molecular flexibility index (Phi) is 9.57. The minimum atomic E-state index is 0.0738. The van der Waals surface area contributed by atoms with E-state index in [1.165, 1.54) is 20.6 Å². The van der Waals surface area contributed by atoms with Crippen molar-refractivity contribution >= 4 is 34.3 Å². The molecule has 0 heterocycles. The number of hydrogen-bond acceptors (Lipinski definition) is 6. The lowest BCUT2D eigenvalue weighted by Crippen LogP contribution is -2.02. The zero-order valence-corrected chi connectivity index (χ0v) is 15.3. The number of rotatable bonds is 12. The van der Waals surface area contributed by atoms with Crippen LogP contribution in [0.15, 0.2) is 46.2 Å². The zero-order chi connectivity index (χ0) is 17.0. The first-order chi connectivity index (χ1) is 11.8. The quantitative estimate of drug-likeness (QED) is 0.444. The van der Waals surface area contributed by atoms with Gasteiger partial charge in [-0.3, -0.25) is 0 Å². The fourth-order valence-electron chi connectivity index (χ4n) is 2.21. The molecule has 0 aliphatic rings. The van der Waals surface area contributed by atoms with Gasteiger partial charge in [0.05, 0.1) is 39.6 Å². The number of thioether (sulfide) groups is 2. The summed E-state index contributed by atoms with van der Waals surface area (Å²) < 4.78 is 10.6. The summed E-state index contributed by atoms with van der Waals surface area (Å²) in [5.41, 5.74) is 0. The summed E-state index contributed by atoms with van der Waals surface area (Å²) in [5, 5.41) is 19.9. The second-order valence-electron chi connectivity index (χ2n) is 5.01. The van der Waals surface area contributed by atoms with Gasteiger partial charge in [0.2, 0.25) is 0 Å². The molecular formula is C18H24O4S2. The standard InChI is InChI=1S/C18H24O4S2/c19-6-8-21-10-12-23-16-4-5-17-15(14-16)2-1-3-18(17)24-13-11-22-9-7-20/h1-5,14,19-20H,6-13H2. The van der Waals surface area contributed by atoms with Crippen LogP contribution in [0.2, 0.25) is 0 Å². The summed E-state index contributed by atoms with van der Waals surface area (Å²) in [6.07, 6.45) is 0. The maximum Gasteiger partial charge on any atom is 0.0698 e. The lowest BCUT2D eigenvalue weighted by molar-refractivity contribution is 0.103. The first-order valence-electron chi connectivity index (χ1n) is 8.00. The third kappa shape index (κ3) is 6.63. The van der Waals surface area contributed by atoms with E-state index in [2.05, 4.69) is 36.4 Å². The normalized spacial score (nSPS) is 11.2. The molecule has 2 N–H and O–H groups in total. The maximum absolute atomic E-state index is 8.70. The number of benzene rings is 2. The van der Waals surface area contributed by atoms with Crippen molar-refractivity contribution in [1.82, 2.24) is 0 Å². The Balaban J connectivity index is 1.90. The Labute approximate surface area is 151 Å². The summed E-state index contributed by atoms with van der Waals surface area (Å²) in [6.45, 7) is 2.24. The number of aliphatic hydroxyl groups is 2. The topological polar surface area (TPSA) is 58.9 Å². The second kappa shape index (κ2) is 11.7. The molecule has 0 saturated heterocycles. The monoisotopic (exact) mass is 368 g/mol. The number of fused-ring (bicyclic) bond motifs is 1. The summed E-state index contributed by atoms with van der Waals surface area (Å²) in [7, 11) is 0. The molecule has 6 heteroatoms. The van der Waals surface area contributed by atoms with Gasteiger partial charge in [0.15, 0.2) is 0 Å². The van der Waals surface area contributed by atoms with Crippen LogP contribution in [-0.4, -0.2) is 61.4 Å². The predicted octanol–water partition coefficient (Wildman–Crippen LogP) is 3.04. The van der Waals surface area contributed by atoms with Crippen molar-refractivity contribution in [1.29, 1.82) is 0 Å². The van der Waals surface area contributed by atoms with E-state index in [0.717, 1.165) is 11.5 Å². The van der Waals surface area contributed by atoms with Crippen molar-refractivity contribution in [3.63, 3.8) is 0 Å². The molecule has 0 fully saturated rings. The Morgan fingerprint density at radius 2 is 1.50 bits per heavy atom. The lowest BCUT2D eigenvalue weighted by Gasteiger charge is -2.09. The molecule has 0 atom stereocenters. The number of ether oxygens (including phenoxy) is 2. The van der Waals surface area contributed by atoms with Crippen LogP contribution < -0.4 is 0 Å². The molecule has 0 bridgehead atoms. The SMILES string of the molecule is OCCOCCSc1ccc2c(SCCOCCO)cccc2c1. The van der Waals surface area contributed by atoms with Crippen LogP contribution >= 0.6 is 23.5 Å². The fraction of sp³-hybridized carbons (Fsp3) is 0.444. The Morgan fingerprint density at radius 3 is 2.21 bits per heavy atom. The third-order valence-corrected chi connectivity index (χ3v) is 5.26. The van der Waals surface area contributed by atoms with E-state index in [-0.39, 0.29) is 13.2 Å². The van der Waals surface area contributed by atoms with Gasteiger partial charge in [-0.1, -0.05) is 18.2 Å². The molecule has 0 aromatic heterocycles. The Morgan fingerprint density at radius 1 is 0.792 bits per heavy atom. The highest BCUT2D eigenvalue weighted by molar-refractivity contribution is 7.99. The summed E-state index contributed by atoms with van der Waals surface area (Å²) in [6, 6.07) is 12.9. The molecule has 0 aliphatic carbocycles. The van der Waals surface area contributed by atoms with E-state index in [1.807, 2.05) is 0 Å². The molecule has 0 amide bonds. The highest BCUT2D eigenvalue weighted by atomic mass is 32.2. The van der Waals surface area contributed by atoms with E-state index in [9.17, 15) is 0 Å². The van der Waals surface area contributed by atoms with Crippen LogP contribution in [0.25, 0.3) is 10.8 Å². The van der Waals surface area contributed by atoms with Crippen molar-refractivity contribution in [2.45, 2.75) is 9.79 Å². The Hall–Kier alpha value is -0.760. The van der Waals surface area contributed by atoms with Crippen molar-refractivity contribution < 1.29 is 19.7 Å². The maximum atomic E-state index is 8.70. The van der Waals surface area contributed by atoms with E-state index in [0.29, 0.717) is 26.4 Å². The van der Waals surface area contributed by atoms with Crippen LogP contribution in [0.3, 0.4) is 0 Å². The van der Waals surface area contributed by atoms with Crippen LogP contribution in [0.1, 0.15) is 0 Å². The van der Waals surface area contributed by atoms with Crippen molar-refractivity contribution in [3.05, 3.63) is 36.4 Å². The zero-order valence-electron chi connectivity index (χ0n) is 13.6. The van der Waals surface area contributed by atoms with E-state index >= 15 is 0 Å². The molecular weight excluding hydrogens is 344 g/mol. The first kappa shape index (κ1) is 19.6. The summed E-state index contributed by atoms with van der Waals surface area (Å²) in [4.78, 5) is 2.48. The average Bonchev–Trinajstić information content (AvgIpc) is 2.61. The van der Waals surface area contributed by atoms with Crippen molar-refractivity contribution in [3.8, 4) is 0 Å². The molecule has 132 valence electrons. The molecule has 24 heavy (non-hydrogen) atoms. The van der Waals surface area contributed by atoms with E-state index in [1.54, 1.807) is 23.5 Å². The third-order valence-electron chi connectivity index (χ3n) is 3.26. The van der Waals surface area contributed by atoms with Gasteiger partial charge in [0, 0.05) is 21.3 Å². The van der Waals surface area contributed by atoms with E-state index in [4.69, 9.17) is 19.7 Å². The molecule has 0 unspecified atom stereocenters. The smallest absolute Gasteiger partial charge is 0.0698 e. The highest BCUT2D eigenvalue weighted by Crippen LogP contribution is 2.30. The van der Waals surface area contributed by atoms with Gasteiger partial charge in [-0.2, -0.15) is 0 Å². The lowest BCUT2D eigenvalue weighted by atomic mass is 10.1. The van der Waals surface area contributed by atoms with Gasteiger partial charge in [0.1, 0.15) is 0 Å². The van der Waals surface area contributed by atoms with Gasteiger partial charge in [0.25, 0.3) is 0 Å². The molecule has 0 aliphatic heterocycles. The predicted molar refractivity (Wildman–Crippen MR) is 101 cm³/mol. The summed E-state index contributed by atoms with van der Waals surface area (Å²) >= 11 is 3.54. The molecule has 2 aromatic rings. The van der Waals surface area contributed by atoms with Crippen molar-refractivity contribution in [2.24, 2.45) is 0 Å². The Bertz CT molecular complexity index is 607. The van der Waals surface area contributed by atoms with Gasteiger partial charge in [-0.05, 0) is 29.0 Å². The molecule has 2 rings (SSSR count). The molecule has 0 radical (unpaired) electrons. The molecule has 0 saturated carbocycles. The minimum Gasteiger partial charge on any atom is -0.394 e. The van der Waals surface area contributed by atoms with E-state index < -0.39 is 0 Å². The van der Waals surface area contributed by atoms with Crippen LogP contribution in [0.5, 0.6) is 0 Å². The largest absolute Gasteiger partial charge is 0.394 e. The summed E-state index contributed by atoms with van der Waals surface area (Å²) in [5.74, 6) is 1.75. The molecule has 4 nitrogen and oxygen atoms in total. The minimum absolute atomic E-state index is 0.0738. The number of hydrogen-bond donors (Lipinski definition) is 2. The highest BCUT2D eigenvalue weighted by Gasteiger charge is 2.03. The second-order valence-corrected chi connectivity index (χ2v) is 7.31. The van der Waals surface area contributed by atoms with Gasteiger partial charge in [-0.25, -0.2) is 0 Å². The average molecular weight is 369 g/mol. The fourth-order valence-corrected chi connectivity index (χ4v) is 3.96. The van der Waals surface area contributed by atoms with Crippen LogP contribution in [-0.2, 0) is 9.47 Å². The van der Waals surface area contributed by atoms with Gasteiger partial charge < -0.3 is 19.7 Å². The number of aliphatic hydroxyl groups excluding tert-OH is 2. The molecule has 0 spiro atoms. The molecule has 2 aromatic carbocycles. The van der Waals surface area contributed by atoms with Gasteiger partial charge in [-0.15, -0.1) is 23.5 Å². The van der Waals surface area contributed by atoms with Crippen LogP contribution in [0, 0.1) is 0 Å². The van der Waals surface area contributed by atoms with Crippen LogP contribution in [0.4, 0.5) is 0 Å².